The van der Waals surface area contributed by atoms with Gasteiger partial charge < -0.3 is 24.9 Å². The van der Waals surface area contributed by atoms with Crippen LogP contribution >= 0.6 is 0 Å². The highest BCUT2D eigenvalue weighted by Crippen LogP contribution is 2.14. The zero-order valence-corrected chi connectivity index (χ0v) is 12.4. The molecule has 3 N–H and O–H groups in total. The van der Waals surface area contributed by atoms with Crippen molar-refractivity contribution < 1.29 is 14.6 Å². The van der Waals surface area contributed by atoms with Gasteiger partial charge >= 0.3 is 0 Å². The van der Waals surface area contributed by atoms with Gasteiger partial charge in [0.25, 0.3) is 0 Å². The molecule has 0 atom stereocenters. The van der Waals surface area contributed by atoms with E-state index in [-0.39, 0.29) is 6.61 Å². The van der Waals surface area contributed by atoms with Gasteiger partial charge in [-0.1, -0.05) is 5.92 Å². The highest BCUT2D eigenvalue weighted by atomic mass is 16.6. The van der Waals surface area contributed by atoms with Crippen LogP contribution in [0.1, 0.15) is 12.2 Å². The number of aliphatic hydroxyl groups excluding tert-OH is 1. The first-order chi connectivity index (χ1) is 10.7. The molecule has 0 spiro atoms. The monoisotopic (exact) mass is 305 g/mol. The smallest absolute Gasteiger partial charge is 0.208 e. The number of nitrogens with two attached hydrogens (primary N) is 1. The van der Waals surface area contributed by atoms with Gasteiger partial charge in [0.05, 0.1) is 39.4 Å². The molecule has 1 aliphatic rings. The molecule has 8 nitrogen and oxygen atoms in total. The normalized spacial score (nSPS) is 13.9. The molecule has 0 radical (unpaired) electrons. The van der Waals surface area contributed by atoms with Gasteiger partial charge in [0.2, 0.25) is 5.82 Å². The SMILES string of the molecule is C1COCCO1.Cn1cnc2c(N)nc(C#CCCO)nc21. The van der Waals surface area contributed by atoms with E-state index in [0.29, 0.717) is 29.2 Å². The van der Waals surface area contributed by atoms with Crippen LogP contribution in [0.3, 0.4) is 0 Å². The Morgan fingerprint density at radius 1 is 1.27 bits per heavy atom. The summed E-state index contributed by atoms with van der Waals surface area (Å²) >= 11 is 0. The lowest BCUT2D eigenvalue weighted by Crippen LogP contribution is -2.16. The van der Waals surface area contributed by atoms with Crippen LogP contribution in [-0.4, -0.2) is 57.7 Å². The van der Waals surface area contributed by atoms with Crippen LogP contribution in [0, 0.1) is 11.8 Å². The average Bonchev–Trinajstić information content (AvgIpc) is 2.92. The van der Waals surface area contributed by atoms with E-state index in [1.165, 1.54) is 0 Å². The molecule has 1 aliphatic heterocycles. The summed E-state index contributed by atoms with van der Waals surface area (Å²) in [7, 11) is 1.83. The van der Waals surface area contributed by atoms with Crippen LogP contribution in [-0.2, 0) is 16.5 Å². The summed E-state index contributed by atoms with van der Waals surface area (Å²) < 4.78 is 11.6. The Morgan fingerprint density at radius 2 is 1.95 bits per heavy atom. The Bertz CT molecular complexity index is 659. The van der Waals surface area contributed by atoms with E-state index in [9.17, 15) is 0 Å². The number of anilines is 1. The van der Waals surface area contributed by atoms with Crippen molar-refractivity contribution in [3.8, 4) is 11.8 Å². The molecule has 1 saturated heterocycles. The number of imidazole rings is 1. The molecule has 2 aromatic rings. The zero-order valence-electron chi connectivity index (χ0n) is 12.4. The Morgan fingerprint density at radius 3 is 2.55 bits per heavy atom. The minimum absolute atomic E-state index is 0.0242. The minimum atomic E-state index is 0.0242. The van der Waals surface area contributed by atoms with E-state index < -0.39 is 0 Å². The van der Waals surface area contributed by atoms with E-state index in [0.717, 1.165) is 26.4 Å². The summed E-state index contributed by atoms with van der Waals surface area (Å²) in [6.45, 7) is 3.14. The maximum absolute atomic E-state index is 8.60. The predicted molar refractivity (Wildman–Crippen MR) is 80.9 cm³/mol. The van der Waals surface area contributed by atoms with E-state index in [2.05, 4.69) is 26.8 Å². The molecule has 0 amide bonds. The average molecular weight is 305 g/mol. The summed E-state index contributed by atoms with van der Waals surface area (Å²) in [5, 5.41) is 8.60. The zero-order chi connectivity index (χ0) is 15.8. The maximum atomic E-state index is 8.60. The van der Waals surface area contributed by atoms with Gasteiger partial charge in [-0.3, -0.25) is 0 Å². The van der Waals surface area contributed by atoms with Crippen LogP contribution in [0.2, 0.25) is 0 Å². The highest BCUT2D eigenvalue weighted by molar-refractivity contribution is 5.81. The van der Waals surface area contributed by atoms with E-state index >= 15 is 0 Å². The molecule has 0 saturated carbocycles. The number of aromatic nitrogens is 4. The molecule has 1 fully saturated rings. The van der Waals surface area contributed by atoms with Gasteiger partial charge in [-0.15, -0.1) is 0 Å². The molecule has 118 valence electrons. The lowest BCUT2D eigenvalue weighted by Gasteiger charge is -2.09. The first-order valence-electron chi connectivity index (χ1n) is 6.92. The second-order valence-electron chi connectivity index (χ2n) is 4.46. The summed E-state index contributed by atoms with van der Waals surface area (Å²) in [4.78, 5) is 12.3. The predicted octanol–water partition coefficient (Wildman–Crippen LogP) is -0.287. The molecule has 0 aliphatic carbocycles. The summed E-state index contributed by atoms with van der Waals surface area (Å²) in [5.41, 5.74) is 6.96. The van der Waals surface area contributed by atoms with Crippen molar-refractivity contribution in [2.75, 3.05) is 38.8 Å². The van der Waals surface area contributed by atoms with Gasteiger partial charge in [-0.2, -0.15) is 0 Å². The molecule has 0 bridgehead atoms. The number of nitrogens with zero attached hydrogens (tertiary/aromatic N) is 4. The van der Waals surface area contributed by atoms with Crippen LogP contribution in [0.5, 0.6) is 0 Å². The Balaban J connectivity index is 0.000000246. The number of hydrogen-bond acceptors (Lipinski definition) is 7. The van der Waals surface area contributed by atoms with E-state index in [4.69, 9.17) is 20.3 Å². The fourth-order valence-corrected chi connectivity index (χ4v) is 1.72. The minimum Gasteiger partial charge on any atom is -0.395 e. The molecule has 2 aromatic heterocycles. The van der Waals surface area contributed by atoms with Crippen LogP contribution in [0.25, 0.3) is 11.2 Å². The topological polar surface area (TPSA) is 108 Å². The number of fused-ring (bicyclic) bond motifs is 1. The van der Waals surface area contributed by atoms with Crippen molar-refractivity contribution in [3.05, 3.63) is 12.2 Å². The Kier molecular flexibility index (Phi) is 6.09. The third kappa shape index (κ3) is 4.39. The van der Waals surface area contributed by atoms with E-state index in [1.807, 2.05) is 7.05 Å². The van der Waals surface area contributed by atoms with Gasteiger partial charge in [-0.05, 0) is 5.92 Å². The molecule has 8 heteroatoms. The Labute approximate surface area is 128 Å². The molecule has 22 heavy (non-hydrogen) atoms. The molecular formula is C14H19N5O3. The first kappa shape index (κ1) is 16.2. The summed E-state index contributed by atoms with van der Waals surface area (Å²) in [6.07, 6.45) is 2.02. The number of hydrogen-bond donors (Lipinski definition) is 2. The van der Waals surface area contributed by atoms with Crippen molar-refractivity contribution in [2.45, 2.75) is 6.42 Å². The Hall–Kier alpha value is -2.21. The first-order valence-corrected chi connectivity index (χ1v) is 6.92. The summed E-state index contributed by atoms with van der Waals surface area (Å²) in [5.74, 6) is 6.15. The third-order valence-electron chi connectivity index (χ3n) is 2.77. The fourth-order valence-electron chi connectivity index (χ4n) is 1.72. The standard InChI is InChI=1S/C10H11N5O.C4H8O2/c1-15-6-12-8-9(11)13-7(14-10(8)15)4-2-3-5-16;1-2-6-4-3-5-1/h6,16H,3,5H2,1H3,(H2,11,13,14);1-4H2. The largest absolute Gasteiger partial charge is 0.395 e. The third-order valence-corrected chi connectivity index (χ3v) is 2.77. The van der Waals surface area contributed by atoms with Gasteiger partial charge in [0.15, 0.2) is 11.5 Å². The lowest BCUT2D eigenvalue weighted by atomic mass is 10.4. The van der Waals surface area contributed by atoms with Crippen molar-refractivity contribution in [3.63, 3.8) is 0 Å². The lowest BCUT2D eigenvalue weighted by molar-refractivity contribution is -0.0334. The summed E-state index contributed by atoms with van der Waals surface area (Å²) in [6, 6.07) is 0. The quantitative estimate of drug-likeness (QED) is 0.697. The van der Waals surface area contributed by atoms with Crippen LogP contribution in [0.4, 0.5) is 5.82 Å². The number of ether oxygens (including phenoxy) is 2. The van der Waals surface area contributed by atoms with Gasteiger partial charge in [-0.25, -0.2) is 15.0 Å². The van der Waals surface area contributed by atoms with Crippen LogP contribution in [0.15, 0.2) is 6.33 Å². The molecule has 3 heterocycles. The van der Waals surface area contributed by atoms with Crippen molar-refractivity contribution in [1.82, 2.24) is 19.5 Å². The molecule has 0 aromatic carbocycles. The van der Waals surface area contributed by atoms with Crippen molar-refractivity contribution in [2.24, 2.45) is 7.05 Å². The van der Waals surface area contributed by atoms with Crippen LogP contribution < -0.4 is 5.73 Å². The number of aliphatic hydroxyl groups is 1. The van der Waals surface area contributed by atoms with Gasteiger partial charge in [0, 0.05) is 13.5 Å². The highest BCUT2D eigenvalue weighted by Gasteiger charge is 2.07. The molecule has 3 rings (SSSR count). The fraction of sp³-hybridized carbons (Fsp3) is 0.500. The molecular weight excluding hydrogens is 286 g/mol. The van der Waals surface area contributed by atoms with E-state index in [1.54, 1.807) is 10.9 Å². The number of rotatable bonds is 1. The second kappa shape index (κ2) is 8.29. The van der Waals surface area contributed by atoms with Crippen molar-refractivity contribution in [1.29, 1.82) is 0 Å². The van der Waals surface area contributed by atoms with Crippen molar-refractivity contribution >= 4 is 17.0 Å². The number of nitrogen functional groups attached to an aromatic ring is 1. The maximum Gasteiger partial charge on any atom is 0.208 e. The molecule has 0 unspecified atom stereocenters. The second-order valence-corrected chi connectivity index (χ2v) is 4.46. The number of aryl methyl sites for hydroxylation is 1. The van der Waals surface area contributed by atoms with Gasteiger partial charge in [0.1, 0.15) is 5.52 Å².